The Morgan fingerprint density at radius 2 is 1.74 bits per heavy atom. The van der Waals surface area contributed by atoms with E-state index >= 15 is 0 Å². The standard InChI is InChI=1S/C30H37NO2S/c1-7-22(2)30(27-12-9-8-10-13-27)31(17-18-33-29-15-11-14-28(32)21-29)26(6)25(5)20-24(4)23(3)16-19-34/h8-16,19-21,32,34H,6-7,17-18H2,1-5H3/b19-16-,24-23+,25-20+,30-22+. The molecular formula is C30H37NO2S. The maximum atomic E-state index is 9.76. The van der Waals surface area contributed by atoms with Crippen LogP contribution in [0, 0.1) is 0 Å². The lowest BCUT2D eigenvalue weighted by Gasteiger charge is -2.32. The van der Waals surface area contributed by atoms with E-state index in [9.17, 15) is 5.11 Å². The van der Waals surface area contributed by atoms with Crippen molar-refractivity contribution in [3.05, 3.63) is 112 Å². The lowest BCUT2D eigenvalue weighted by molar-refractivity contribution is 0.281. The SMILES string of the molecule is C=C(/C(C)=C/C(C)=C(C)/C=C\S)N(CCOc1cccc(O)c1)/C(=C(\C)CC)c1ccccc1. The zero-order chi connectivity index (χ0) is 25.1. The van der Waals surface area contributed by atoms with Gasteiger partial charge in [0.15, 0.2) is 0 Å². The van der Waals surface area contributed by atoms with Gasteiger partial charge < -0.3 is 14.7 Å². The number of benzene rings is 2. The zero-order valence-corrected chi connectivity index (χ0v) is 21.9. The number of nitrogens with zero attached hydrogens (tertiary/aromatic N) is 1. The van der Waals surface area contributed by atoms with Crippen LogP contribution in [-0.4, -0.2) is 23.2 Å². The zero-order valence-electron chi connectivity index (χ0n) is 21.0. The molecule has 4 heteroatoms. The van der Waals surface area contributed by atoms with Gasteiger partial charge in [0.25, 0.3) is 0 Å². The van der Waals surface area contributed by atoms with Crippen LogP contribution in [0.2, 0.25) is 0 Å². The third-order valence-corrected chi connectivity index (χ3v) is 5.96. The second kappa shape index (κ2) is 13.6. The summed E-state index contributed by atoms with van der Waals surface area (Å²) in [4.78, 5) is 2.25. The van der Waals surface area contributed by atoms with Gasteiger partial charge >= 0.3 is 0 Å². The van der Waals surface area contributed by atoms with E-state index in [-0.39, 0.29) is 5.75 Å². The number of allylic oxidation sites excluding steroid dienone is 6. The number of phenolic OH excluding ortho intramolecular Hbond substituents is 1. The predicted octanol–water partition coefficient (Wildman–Crippen LogP) is 8.15. The molecule has 2 aromatic carbocycles. The molecule has 0 aliphatic rings. The first-order valence-electron chi connectivity index (χ1n) is 11.6. The quantitative estimate of drug-likeness (QED) is 0.254. The summed E-state index contributed by atoms with van der Waals surface area (Å²) in [7, 11) is 0. The highest BCUT2D eigenvalue weighted by Gasteiger charge is 2.19. The molecule has 0 aromatic heterocycles. The van der Waals surface area contributed by atoms with E-state index in [4.69, 9.17) is 4.74 Å². The van der Waals surface area contributed by atoms with Crippen LogP contribution in [0.25, 0.3) is 5.70 Å². The molecule has 0 saturated heterocycles. The summed E-state index contributed by atoms with van der Waals surface area (Å²) < 4.78 is 5.99. The largest absolute Gasteiger partial charge is 0.508 e. The van der Waals surface area contributed by atoms with Crippen molar-refractivity contribution in [1.29, 1.82) is 0 Å². The number of thiol groups is 1. The Hall–Kier alpha value is -3.11. The first-order chi connectivity index (χ1) is 16.3. The Bertz CT molecular complexity index is 1090. The first kappa shape index (κ1) is 27.1. The highest BCUT2D eigenvalue weighted by molar-refractivity contribution is 7.83. The average molecular weight is 476 g/mol. The molecule has 1 N–H and O–H groups in total. The molecule has 0 saturated carbocycles. The third kappa shape index (κ3) is 7.74. The third-order valence-electron chi connectivity index (χ3n) is 5.81. The van der Waals surface area contributed by atoms with Crippen LogP contribution in [0.1, 0.15) is 46.6 Å². The molecule has 0 atom stereocenters. The maximum Gasteiger partial charge on any atom is 0.123 e. The van der Waals surface area contributed by atoms with Gasteiger partial charge in [-0.05, 0) is 79.5 Å². The van der Waals surface area contributed by atoms with Gasteiger partial charge in [-0.2, -0.15) is 12.6 Å². The molecule has 0 bridgehead atoms. The van der Waals surface area contributed by atoms with Crippen molar-refractivity contribution in [3.8, 4) is 11.5 Å². The van der Waals surface area contributed by atoms with Crippen LogP contribution in [-0.2, 0) is 0 Å². The van der Waals surface area contributed by atoms with Gasteiger partial charge in [-0.1, -0.05) is 62.1 Å². The molecule has 0 aliphatic carbocycles. The van der Waals surface area contributed by atoms with E-state index in [0.29, 0.717) is 18.9 Å². The second-order valence-corrected chi connectivity index (χ2v) is 8.60. The first-order valence-corrected chi connectivity index (χ1v) is 12.1. The molecule has 0 heterocycles. The number of hydrogen-bond acceptors (Lipinski definition) is 4. The highest BCUT2D eigenvalue weighted by atomic mass is 32.1. The molecule has 0 radical (unpaired) electrons. The number of phenols is 1. The van der Waals surface area contributed by atoms with E-state index in [1.54, 1.807) is 23.6 Å². The molecule has 180 valence electrons. The number of aromatic hydroxyl groups is 1. The van der Waals surface area contributed by atoms with Crippen LogP contribution in [0.4, 0.5) is 0 Å². The van der Waals surface area contributed by atoms with E-state index in [1.165, 1.54) is 5.57 Å². The average Bonchev–Trinajstić information content (AvgIpc) is 2.83. The molecule has 0 amide bonds. The summed E-state index contributed by atoms with van der Waals surface area (Å²) in [6, 6.07) is 17.3. The van der Waals surface area contributed by atoms with Crippen molar-refractivity contribution in [2.75, 3.05) is 13.2 Å². The van der Waals surface area contributed by atoms with Gasteiger partial charge in [-0.25, -0.2) is 0 Å². The smallest absolute Gasteiger partial charge is 0.123 e. The summed E-state index contributed by atoms with van der Waals surface area (Å²) in [5.41, 5.74) is 7.90. The fourth-order valence-corrected chi connectivity index (χ4v) is 3.81. The van der Waals surface area contributed by atoms with Gasteiger partial charge in [-0.15, -0.1) is 0 Å². The minimum Gasteiger partial charge on any atom is -0.508 e. The Morgan fingerprint density at radius 1 is 1.03 bits per heavy atom. The summed E-state index contributed by atoms with van der Waals surface area (Å²) in [6.45, 7) is 16.2. The van der Waals surface area contributed by atoms with Crippen molar-refractivity contribution in [1.82, 2.24) is 4.90 Å². The minimum atomic E-state index is 0.192. The number of rotatable bonds is 11. The van der Waals surface area contributed by atoms with Crippen LogP contribution in [0.15, 0.2) is 107 Å². The molecule has 2 aromatic rings. The van der Waals surface area contributed by atoms with E-state index < -0.39 is 0 Å². The van der Waals surface area contributed by atoms with Crippen LogP contribution in [0.3, 0.4) is 0 Å². The van der Waals surface area contributed by atoms with Gasteiger partial charge in [0, 0.05) is 17.5 Å². The molecule has 0 spiro atoms. The van der Waals surface area contributed by atoms with E-state index in [0.717, 1.165) is 40.1 Å². The van der Waals surface area contributed by atoms with Crippen molar-refractivity contribution in [2.24, 2.45) is 0 Å². The normalized spacial score (nSPS) is 13.4. The molecular weight excluding hydrogens is 438 g/mol. The van der Waals surface area contributed by atoms with E-state index in [2.05, 4.69) is 89.1 Å². The molecule has 34 heavy (non-hydrogen) atoms. The molecule has 3 nitrogen and oxygen atoms in total. The minimum absolute atomic E-state index is 0.192. The fourth-order valence-electron chi connectivity index (χ4n) is 3.58. The monoisotopic (exact) mass is 475 g/mol. The van der Waals surface area contributed by atoms with Crippen molar-refractivity contribution in [2.45, 2.75) is 41.0 Å². The molecule has 0 unspecified atom stereocenters. The summed E-state index contributed by atoms with van der Waals surface area (Å²) in [5, 5.41) is 11.5. The van der Waals surface area contributed by atoms with Crippen LogP contribution >= 0.6 is 12.6 Å². The van der Waals surface area contributed by atoms with Crippen LogP contribution < -0.4 is 4.74 Å². The highest BCUT2D eigenvalue weighted by Crippen LogP contribution is 2.31. The van der Waals surface area contributed by atoms with Crippen molar-refractivity contribution < 1.29 is 9.84 Å². The van der Waals surface area contributed by atoms with Gasteiger partial charge in [0.1, 0.15) is 18.1 Å². The van der Waals surface area contributed by atoms with Gasteiger partial charge in [-0.3, -0.25) is 0 Å². The lowest BCUT2D eigenvalue weighted by Crippen LogP contribution is -2.28. The van der Waals surface area contributed by atoms with Gasteiger partial charge in [0.2, 0.25) is 0 Å². The van der Waals surface area contributed by atoms with Crippen molar-refractivity contribution >= 4 is 18.3 Å². The predicted molar refractivity (Wildman–Crippen MR) is 149 cm³/mol. The number of ether oxygens (including phenoxy) is 1. The Labute approximate surface area is 210 Å². The number of hydrogen-bond donors (Lipinski definition) is 2. The van der Waals surface area contributed by atoms with Gasteiger partial charge in [0.05, 0.1) is 6.54 Å². The van der Waals surface area contributed by atoms with E-state index in [1.807, 2.05) is 18.2 Å². The second-order valence-electron chi connectivity index (χ2n) is 8.30. The summed E-state index contributed by atoms with van der Waals surface area (Å²) in [5.74, 6) is 0.834. The maximum absolute atomic E-state index is 9.76. The summed E-state index contributed by atoms with van der Waals surface area (Å²) in [6.07, 6.45) is 5.08. The Kier molecular flexibility index (Phi) is 10.8. The molecule has 0 fully saturated rings. The summed E-state index contributed by atoms with van der Waals surface area (Å²) >= 11 is 4.20. The molecule has 2 rings (SSSR count). The van der Waals surface area contributed by atoms with Crippen LogP contribution in [0.5, 0.6) is 11.5 Å². The lowest BCUT2D eigenvalue weighted by atomic mass is 10.0. The van der Waals surface area contributed by atoms with Crippen molar-refractivity contribution in [3.63, 3.8) is 0 Å². The Morgan fingerprint density at radius 3 is 2.35 bits per heavy atom. The fraction of sp³-hybridized carbons (Fsp3) is 0.267. The molecule has 0 aliphatic heterocycles. The Balaban J connectivity index is 2.45. The topological polar surface area (TPSA) is 32.7 Å².